The highest BCUT2D eigenvalue weighted by molar-refractivity contribution is 7.16. The Morgan fingerprint density at radius 1 is 1.18 bits per heavy atom. The molecule has 3 aromatic heterocycles. The smallest absolute Gasteiger partial charge is 0.323 e. The fourth-order valence-corrected chi connectivity index (χ4v) is 3.25. The molecule has 0 unspecified atom stereocenters. The molecule has 0 aliphatic rings. The number of aromatic amines is 2. The zero-order valence-corrected chi connectivity index (χ0v) is 12.6. The lowest BCUT2D eigenvalue weighted by molar-refractivity contribution is 0.877. The molecule has 0 radical (unpaired) electrons. The van der Waals surface area contributed by atoms with E-state index in [0.717, 1.165) is 32.6 Å². The monoisotopic (exact) mass is 311 g/mol. The Balaban J connectivity index is 1.69. The molecule has 110 valence electrons. The van der Waals surface area contributed by atoms with Crippen molar-refractivity contribution < 1.29 is 0 Å². The molecule has 0 aliphatic heterocycles. The number of rotatable bonds is 3. The number of anilines is 1. The molecule has 0 fully saturated rings. The largest absolute Gasteiger partial charge is 0.363 e. The van der Waals surface area contributed by atoms with E-state index < -0.39 is 0 Å². The lowest BCUT2D eigenvalue weighted by atomic mass is 10.1. The normalized spacial score (nSPS) is 12.8. The Kier molecular flexibility index (Phi) is 2.93. The van der Waals surface area contributed by atoms with Gasteiger partial charge < -0.3 is 15.3 Å². The van der Waals surface area contributed by atoms with Crippen molar-refractivity contribution in [3.8, 4) is 0 Å². The van der Waals surface area contributed by atoms with Gasteiger partial charge in [0.15, 0.2) is 0 Å². The number of nitrogens with zero attached hydrogens (tertiary/aromatic N) is 2. The number of benzene rings is 1. The predicted molar refractivity (Wildman–Crippen MR) is 88.4 cm³/mol. The minimum atomic E-state index is -0.191. The van der Waals surface area contributed by atoms with Crippen LogP contribution in [0.25, 0.3) is 21.3 Å². The van der Waals surface area contributed by atoms with Gasteiger partial charge in [-0.2, -0.15) is 0 Å². The fourth-order valence-electron chi connectivity index (χ4n) is 2.51. The van der Waals surface area contributed by atoms with E-state index in [0.29, 0.717) is 0 Å². The topological polar surface area (TPSA) is 86.5 Å². The maximum Gasteiger partial charge on any atom is 0.323 e. The molecule has 22 heavy (non-hydrogen) atoms. The van der Waals surface area contributed by atoms with Crippen LogP contribution in [0, 0.1) is 0 Å². The van der Waals surface area contributed by atoms with Gasteiger partial charge in [-0.15, -0.1) is 11.3 Å². The van der Waals surface area contributed by atoms with Crippen LogP contribution in [0.1, 0.15) is 18.5 Å². The zero-order valence-electron chi connectivity index (χ0n) is 11.8. The summed E-state index contributed by atoms with van der Waals surface area (Å²) >= 11 is 1.59. The summed E-state index contributed by atoms with van der Waals surface area (Å²) in [5.41, 5.74) is 2.50. The summed E-state index contributed by atoms with van der Waals surface area (Å²) in [7, 11) is 0. The van der Waals surface area contributed by atoms with Crippen molar-refractivity contribution in [3.05, 3.63) is 52.0 Å². The molecule has 0 saturated carbocycles. The minimum Gasteiger partial charge on any atom is -0.363 e. The Morgan fingerprint density at radius 2 is 2.05 bits per heavy atom. The van der Waals surface area contributed by atoms with Crippen LogP contribution in [0.4, 0.5) is 5.82 Å². The first-order valence-corrected chi connectivity index (χ1v) is 7.75. The van der Waals surface area contributed by atoms with Crippen molar-refractivity contribution in [3.63, 3.8) is 0 Å². The quantitative estimate of drug-likeness (QED) is 0.543. The SMILES string of the molecule is C[C@H](Nc1ncnc2sccc12)c1ccc2[nH]c(=O)[nH]c2c1. The summed E-state index contributed by atoms with van der Waals surface area (Å²) in [6.07, 6.45) is 1.57. The van der Waals surface area contributed by atoms with Crippen molar-refractivity contribution in [1.29, 1.82) is 0 Å². The van der Waals surface area contributed by atoms with Gasteiger partial charge in [0.1, 0.15) is 17.0 Å². The summed E-state index contributed by atoms with van der Waals surface area (Å²) in [5.74, 6) is 0.821. The average Bonchev–Trinajstić information content (AvgIpc) is 3.11. The average molecular weight is 311 g/mol. The van der Waals surface area contributed by atoms with Gasteiger partial charge in [0.2, 0.25) is 0 Å². The molecular weight excluding hydrogens is 298 g/mol. The number of imidazole rings is 1. The second kappa shape index (κ2) is 4.96. The molecule has 1 atom stereocenters. The van der Waals surface area contributed by atoms with Crippen LogP contribution >= 0.6 is 11.3 Å². The van der Waals surface area contributed by atoms with E-state index in [1.165, 1.54) is 0 Å². The standard InChI is InChI=1S/C15H13N5OS/c1-8(9-2-3-11-12(6-9)20-15(21)19-11)18-13-10-4-5-22-14(10)17-7-16-13/h2-8H,1H3,(H,16,17,18)(H2,19,20,21)/t8-/m0/s1. The van der Waals surface area contributed by atoms with Crippen LogP contribution in [0.3, 0.4) is 0 Å². The molecular formula is C15H13N5OS. The molecule has 6 nitrogen and oxygen atoms in total. The molecule has 0 saturated heterocycles. The first-order valence-electron chi connectivity index (χ1n) is 6.87. The molecule has 1 aromatic carbocycles. The molecule has 0 amide bonds. The molecule has 3 heterocycles. The third kappa shape index (κ3) is 2.15. The van der Waals surface area contributed by atoms with Crippen LogP contribution < -0.4 is 11.0 Å². The predicted octanol–water partition coefficient (Wildman–Crippen LogP) is 3.03. The summed E-state index contributed by atoms with van der Waals surface area (Å²) < 4.78 is 0. The number of nitrogens with one attached hydrogen (secondary N) is 3. The molecule has 0 aliphatic carbocycles. The van der Waals surface area contributed by atoms with E-state index in [1.807, 2.05) is 29.6 Å². The molecule has 0 bridgehead atoms. The van der Waals surface area contributed by atoms with Crippen LogP contribution in [0.15, 0.2) is 40.8 Å². The van der Waals surface area contributed by atoms with Gasteiger partial charge in [-0.05, 0) is 36.1 Å². The van der Waals surface area contributed by atoms with Gasteiger partial charge in [0, 0.05) is 0 Å². The van der Waals surface area contributed by atoms with E-state index >= 15 is 0 Å². The Morgan fingerprint density at radius 3 is 2.95 bits per heavy atom. The van der Waals surface area contributed by atoms with Crippen LogP contribution in [0.2, 0.25) is 0 Å². The van der Waals surface area contributed by atoms with E-state index in [9.17, 15) is 4.79 Å². The van der Waals surface area contributed by atoms with Crippen molar-refractivity contribution in [2.24, 2.45) is 0 Å². The van der Waals surface area contributed by atoms with E-state index in [2.05, 4.69) is 32.2 Å². The lowest BCUT2D eigenvalue weighted by Gasteiger charge is -2.15. The number of aromatic nitrogens is 4. The van der Waals surface area contributed by atoms with Crippen molar-refractivity contribution in [2.45, 2.75) is 13.0 Å². The highest BCUT2D eigenvalue weighted by Gasteiger charge is 2.11. The number of hydrogen-bond acceptors (Lipinski definition) is 5. The first kappa shape index (κ1) is 13.0. The van der Waals surface area contributed by atoms with Crippen molar-refractivity contribution in [2.75, 3.05) is 5.32 Å². The Hall–Kier alpha value is -2.67. The van der Waals surface area contributed by atoms with Crippen molar-refractivity contribution in [1.82, 2.24) is 19.9 Å². The molecule has 4 rings (SSSR count). The minimum absolute atomic E-state index is 0.0563. The van der Waals surface area contributed by atoms with Gasteiger partial charge in [-0.1, -0.05) is 6.07 Å². The van der Waals surface area contributed by atoms with Gasteiger partial charge in [0.25, 0.3) is 0 Å². The van der Waals surface area contributed by atoms with E-state index in [-0.39, 0.29) is 11.7 Å². The fraction of sp³-hybridized carbons (Fsp3) is 0.133. The molecule has 7 heteroatoms. The zero-order chi connectivity index (χ0) is 15.1. The second-order valence-corrected chi connectivity index (χ2v) is 6.01. The van der Waals surface area contributed by atoms with Gasteiger partial charge in [0.05, 0.1) is 22.5 Å². The third-order valence-electron chi connectivity index (χ3n) is 3.65. The van der Waals surface area contributed by atoms with Crippen LogP contribution in [-0.4, -0.2) is 19.9 Å². The van der Waals surface area contributed by atoms with Crippen LogP contribution in [-0.2, 0) is 0 Å². The molecule has 4 aromatic rings. The number of fused-ring (bicyclic) bond motifs is 2. The summed E-state index contributed by atoms with van der Waals surface area (Å²) in [6, 6.07) is 7.94. The number of thiophene rings is 1. The van der Waals surface area contributed by atoms with Crippen molar-refractivity contribution >= 4 is 38.4 Å². The molecule has 0 spiro atoms. The highest BCUT2D eigenvalue weighted by atomic mass is 32.1. The summed E-state index contributed by atoms with van der Waals surface area (Å²) in [5, 5.41) is 6.44. The third-order valence-corrected chi connectivity index (χ3v) is 4.48. The Bertz CT molecular complexity index is 1020. The number of H-pyrrole nitrogens is 2. The highest BCUT2D eigenvalue weighted by Crippen LogP contribution is 2.27. The maximum atomic E-state index is 11.3. The van der Waals surface area contributed by atoms with Gasteiger partial charge in [-0.3, -0.25) is 0 Å². The summed E-state index contributed by atoms with van der Waals surface area (Å²) in [6.45, 7) is 2.06. The maximum absolute atomic E-state index is 11.3. The lowest BCUT2D eigenvalue weighted by Crippen LogP contribution is -2.08. The van der Waals surface area contributed by atoms with Gasteiger partial charge >= 0.3 is 5.69 Å². The van der Waals surface area contributed by atoms with E-state index in [1.54, 1.807) is 17.7 Å². The summed E-state index contributed by atoms with van der Waals surface area (Å²) in [4.78, 5) is 26.4. The van der Waals surface area contributed by atoms with E-state index in [4.69, 9.17) is 0 Å². The second-order valence-electron chi connectivity index (χ2n) is 5.11. The number of hydrogen-bond donors (Lipinski definition) is 3. The van der Waals surface area contributed by atoms with Crippen LogP contribution in [0.5, 0.6) is 0 Å². The van der Waals surface area contributed by atoms with Gasteiger partial charge in [-0.25, -0.2) is 14.8 Å². The Labute approximate surface area is 129 Å². The first-order chi connectivity index (χ1) is 10.7. The molecule has 3 N–H and O–H groups in total.